The zero-order chi connectivity index (χ0) is 16.9. The van der Waals surface area contributed by atoms with Crippen LogP contribution >= 0.6 is 0 Å². The van der Waals surface area contributed by atoms with Gasteiger partial charge in [-0.25, -0.2) is 4.79 Å². The molecule has 0 unspecified atom stereocenters. The van der Waals surface area contributed by atoms with Gasteiger partial charge in [0.25, 0.3) is 0 Å². The number of cyclic esters (lactones) is 1. The third-order valence-corrected chi connectivity index (χ3v) is 9.11. The maximum Gasteiger partial charge on any atom is 0.339 e. The Morgan fingerprint density at radius 2 is 1.68 bits per heavy atom. The second-order valence-electron chi connectivity index (χ2n) is 7.90. The zero-order valence-corrected chi connectivity index (χ0v) is 15.8. The van der Waals surface area contributed by atoms with Gasteiger partial charge in [-0.1, -0.05) is 20.8 Å². The molecule has 2 fully saturated rings. The van der Waals surface area contributed by atoms with Crippen molar-refractivity contribution in [2.24, 2.45) is 0 Å². The van der Waals surface area contributed by atoms with E-state index in [0.29, 0.717) is 0 Å². The fourth-order valence-electron chi connectivity index (χ4n) is 2.44. The summed E-state index contributed by atoms with van der Waals surface area (Å²) in [6, 6.07) is 0. The molecule has 2 rings (SSSR count). The Labute approximate surface area is 133 Å². The molecule has 2 aliphatic rings. The smallest absolute Gasteiger partial charge is 0.339 e. The van der Waals surface area contributed by atoms with E-state index >= 15 is 0 Å². The van der Waals surface area contributed by atoms with Crippen LogP contribution in [0.4, 0.5) is 0 Å². The van der Waals surface area contributed by atoms with E-state index < -0.39 is 44.7 Å². The van der Waals surface area contributed by atoms with Crippen molar-refractivity contribution < 1.29 is 28.2 Å². The van der Waals surface area contributed by atoms with Gasteiger partial charge >= 0.3 is 5.97 Å². The molecule has 0 amide bonds. The summed E-state index contributed by atoms with van der Waals surface area (Å²) in [5, 5.41) is -0.0180. The van der Waals surface area contributed by atoms with Crippen LogP contribution in [0.1, 0.15) is 34.6 Å². The van der Waals surface area contributed by atoms with Crippen LogP contribution in [0.5, 0.6) is 0 Å². The van der Waals surface area contributed by atoms with Crippen molar-refractivity contribution in [2.45, 2.75) is 83.1 Å². The van der Waals surface area contributed by atoms with Gasteiger partial charge in [0.15, 0.2) is 26.3 Å². The summed E-state index contributed by atoms with van der Waals surface area (Å²) in [4.78, 5) is 12.4. The molecule has 7 heteroatoms. The molecule has 0 radical (unpaired) electrons. The highest BCUT2D eigenvalue weighted by molar-refractivity contribution is 6.74. The summed E-state index contributed by atoms with van der Waals surface area (Å²) in [6.07, 6.45) is -2.54. The first-order valence-electron chi connectivity index (χ1n) is 7.65. The van der Waals surface area contributed by atoms with Gasteiger partial charge < -0.3 is 23.4 Å². The second-order valence-corrected chi connectivity index (χ2v) is 12.7. The third kappa shape index (κ3) is 3.23. The van der Waals surface area contributed by atoms with Crippen molar-refractivity contribution in [3.05, 3.63) is 0 Å². The van der Waals surface area contributed by atoms with Crippen LogP contribution in [0.2, 0.25) is 18.1 Å². The van der Waals surface area contributed by atoms with E-state index in [-0.39, 0.29) is 5.04 Å². The standard InChI is InChI=1S/C15H28O6Si/c1-14(2,3)22(7,8)21-10-9-11(20-15(4,5)19-9)13(17-6)18-12(10)16/h9-11,13H,1-8H3/t9-,10-,11-,13-/m0/s1. The number of carbonyl (C=O) groups excluding carboxylic acids is 1. The highest BCUT2D eigenvalue weighted by Gasteiger charge is 2.58. The number of rotatable bonds is 3. The third-order valence-electron chi connectivity index (χ3n) is 4.65. The largest absolute Gasteiger partial charge is 0.431 e. The number of hydrogen-bond donors (Lipinski definition) is 0. The Bertz CT molecular complexity index is 442. The van der Waals surface area contributed by atoms with Crippen molar-refractivity contribution in [1.29, 1.82) is 0 Å². The maximum absolute atomic E-state index is 12.4. The van der Waals surface area contributed by atoms with Crippen LogP contribution in [0.3, 0.4) is 0 Å². The molecule has 2 saturated heterocycles. The summed E-state index contributed by atoms with van der Waals surface area (Å²) in [5.74, 6) is -1.24. The number of carbonyl (C=O) groups is 1. The van der Waals surface area contributed by atoms with Gasteiger partial charge in [-0.2, -0.15) is 0 Å². The molecular weight excluding hydrogens is 304 g/mol. The van der Waals surface area contributed by atoms with Crippen molar-refractivity contribution >= 4 is 14.3 Å². The first kappa shape index (κ1) is 17.9. The molecule has 0 saturated carbocycles. The monoisotopic (exact) mass is 332 g/mol. The molecule has 22 heavy (non-hydrogen) atoms. The molecule has 0 aromatic rings. The maximum atomic E-state index is 12.4. The van der Waals surface area contributed by atoms with Crippen molar-refractivity contribution in [3.8, 4) is 0 Å². The number of fused-ring (bicyclic) bond motifs is 1. The molecule has 128 valence electrons. The first-order chi connectivity index (χ1) is 9.88. The van der Waals surface area contributed by atoms with E-state index in [4.69, 9.17) is 23.4 Å². The molecule has 0 aromatic heterocycles. The Hall–Kier alpha value is -0.473. The lowest BCUT2D eigenvalue weighted by atomic mass is 10.1. The topological polar surface area (TPSA) is 63.2 Å². The summed E-state index contributed by atoms with van der Waals surface area (Å²) in [6.45, 7) is 14.2. The van der Waals surface area contributed by atoms with Crippen molar-refractivity contribution in [3.63, 3.8) is 0 Å². The average molecular weight is 332 g/mol. The molecule has 0 spiro atoms. The fraction of sp³-hybridized carbons (Fsp3) is 0.933. The molecule has 2 aliphatic heterocycles. The van der Waals surface area contributed by atoms with E-state index in [9.17, 15) is 4.79 Å². The van der Waals surface area contributed by atoms with Gasteiger partial charge in [0, 0.05) is 7.11 Å². The van der Waals surface area contributed by atoms with E-state index in [1.54, 1.807) is 0 Å². The fourth-order valence-corrected chi connectivity index (χ4v) is 3.65. The number of methoxy groups -OCH3 is 1. The Morgan fingerprint density at radius 3 is 2.18 bits per heavy atom. The summed E-state index contributed by atoms with van der Waals surface area (Å²) < 4.78 is 28.6. The van der Waals surface area contributed by atoms with E-state index in [2.05, 4.69) is 33.9 Å². The second kappa shape index (κ2) is 5.56. The highest BCUT2D eigenvalue weighted by Crippen LogP contribution is 2.42. The normalized spacial score (nSPS) is 35.2. The number of esters is 1. The minimum absolute atomic E-state index is 0.0180. The highest BCUT2D eigenvalue weighted by atomic mass is 28.4. The quantitative estimate of drug-likeness (QED) is 0.584. The van der Waals surface area contributed by atoms with Gasteiger partial charge in [-0.3, -0.25) is 0 Å². The lowest BCUT2D eigenvalue weighted by molar-refractivity contribution is -0.231. The Kier molecular flexibility index (Phi) is 4.52. The van der Waals surface area contributed by atoms with Crippen LogP contribution < -0.4 is 0 Å². The lowest BCUT2D eigenvalue weighted by Gasteiger charge is -2.42. The predicted octanol–water partition coefficient (Wildman–Crippen LogP) is 2.43. The zero-order valence-electron chi connectivity index (χ0n) is 14.8. The summed E-state index contributed by atoms with van der Waals surface area (Å²) in [7, 11) is -0.665. The van der Waals surface area contributed by atoms with Crippen LogP contribution in [0, 0.1) is 0 Å². The van der Waals surface area contributed by atoms with Gasteiger partial charge in [0.2, 0.25) is 6.29 Å². The predicted molar refractivity (Wildman–Crippen MR) is 82.8 cm³/mol. The molecule has 0 N–H and O–H groups in total. The van der Waals surface area contributed by atoms with Gasteiger partial charge in [-0.15, -0.1) is 0 Å². The lowest BCUT2D eigenvalue weighted by Crippen LogP contribution is -2.59. The van der Waals surface area contributed by atoms with Crippen molar-refractivity contribution in [2.75, 3.05) is 7.11 Å². The van der Waals surface area contributed by atoms with Crippen molar-refractivity contribution in [1.82, 2.24) is 0 Å². The molecule has 6 nitrogen and oxygen atoms in total. The van der Waals surface area contributed by atoms with Crippen LogP contribution in [-0.4, -0.2) is 51.8 Å². The minimum Gasteiger partial charge on any atom is -0.431 e. The molecular formula is C15H28O6Si. The molecule has 4 atom stereocenters. The molecule has 0 aliphatic carbocycles. The Morgan fingerprint density at radius 1 is 1.14 bits per heavy atom. The first-order valence-corrected chi connectivity index (χ1v) is 10.6. The SMILES string of the molecule is CO[C@H]1OC(=O)[C@@H](O[Si](C)(C)C(C)(C)C)[C@@H]2OC(C)(C)O[C@H]12. The number of hydrogen-bond acceptors (Lipinski definition) is 6. The summed E-state index contributed by atoms with van der Waals surface area (Å²) in [5.41, 5.74) is 0. The van der Waals surface area contributed by atoms with Gasteiger partial charge in [-0.05, 0) is 32.0 Å². The Balaban J connectivity index is 2.26. The molecule has 0 bridgehead atoms. The minimum atomic E-state index is -2.15. The van der Waals surface area contributed by atoms with E-state index in [1.165, 1.54) is 7.11 Å². The van der Waals surface area contributed by atoms with E-state index in [1.807, 2.05) is 13.8 Å². The summed E-state index contributed by atoms with van der Waals surface area (Å²) >= 11 is 0. The van der Waals surface area contributed by atoms with Crippen LogP contribution in [-0.2, 0) is 28.2 Å². The van der Waals surface area contributed by atoms with E-state index in [0.717, 1.165) is 0 Å². The molecule has 2 heterocycles. The average Bonchev–Trinajstić information content (AvgIpc) is 2.66. The van der Waals surface area contributed by atoms with Crippen LogP contribution in [0.25, 0.3) is 0 Å². The number of ether oxygens (including phenoxy) is 4. The van der Waals surface area contributed by atoms with Gasteiger partial charge in [0.1, 0.15) is 6.10 Å². The van der Waals surface area contributed by atoms with Gasteiger partial charge in [0.05, 0.1) is 0 Å². The van der Waals surface area contributed by atoms with Crippen LogP contribution in [0.15, 0.2) is 0 Å². The molecule has 0 aromatic carbocycles.